The highest BCUT2D eigenvalue weighted by atomic mass is 32.1. The van der Waals surface area contributed by atoms with Crippen LogP contribution in [-0.4, -0.2) is 21.5 Å². The van der Waals surface area contributed by atoms with E-state index in [4.69, 9.17) is 15.2 Å². The molecule has 0 aromatic carbocycles. The van der Waals surface area contributed by atoms with Crippen molar-refractivity contribution in [1.82, 2.24) is 15.0 Å². The van der Waals surface area contributed by atoms with Crippen LogP contribution in [0.1, 0.15) is 42.5 Å². The first-order valence-corrected chi connectivity index (χ1v) is 10.0. The molecule has 0 saturated heterocycles. The first-order chi connectivity index (χ1) is 12.9. The zero-order valence-corrected chi connectivity index (χ0v) is 15.5. The SMILES string of the molecule is N#CCCCCNc1nc(-c2cccnc2)nc2sc3c(c12)CCCC3. The molecule has 0 radical (unpaired) electrons. The van der Waals surface area contributed by atoms with E-state index in [2.05, 4.69) is 16.4 Å². The van der Waals surface area contributed by atoms with E-state index in [1.165, 1.54) is 28.7 Å². The summed E-state index contributed by atoms with van der Waals surface area (Å²) in [7, 11) is 0. The second kappa shape index (κ2) is 7.79. The second-order valence-corrected chi connectivity index (χ2v) is 7.65. The van der Waals surface area contributed by atoms with Crippen molar-refractivity contribution in [3.63, 3.8) is 0 Å². The van der Waals surface area contributed by atoms with Gasteiger partial charge in [0.15, 0.2) is 5.82 Å². The van der Waals surface area contributed by atoms with Gasteiger partial charge in [-0.1, -0.05) is 0 Å². The van der Waals surface area contributed by atoms with Gasteiger partial charge in [-0.15, -0.1) is 11.3 Å². The van der Waals surface area contributed by atoms with Crippen LogP contribution in [0.5, 0.6) is 0 Å². The third kappa shape index (κ3) is 3.40. The number of nitrogens with zero attached hydrogens (tertiary/aromatic N) is 4. The van der Waals surface area contributed by atoms with Crippen LogP contribution in [0.4, 0.5) is 5.82 Å². The van der Waals surface area contributed by atoms with Crippen molar-refractivity contribution in [2.45, 2.75) is 44.9 Å². The monoisotopic (exact) mass is 363 g/mol. The Morgan fingerprint density at radius 1 is 1.19 bits per heavy atom. The fourth-order valence-corrected chi connectivity index (χ4v) is 4.71. The van der Waals surface area contributed by atoms with Gasteiger partial charge in [0.25, 0.3) is 0 Å². The van der Waals surface area contributed by atoms with Crippen LogP contribution < -0.4 is 5.32 Å². The van der Waals surface area contributed by atoms with E-state index in [1.54, 1.807) is 6.20 Å². The summed E-state index contributed by atoms with van der Waals surface area (Å²) in [5.41, 5.74) is 2.38. The largest absolute Gasteiger partial charge is 0.369 e. The van der Waals surface area contributed by atoms with Gasteiger partial charge in [-0.2, -0.15) is 5.26 Å². The Morgan fingerprint density at radius 2 is 2.12 bits per heavy atom. The van der Waals surface area contributed by atoms with Gasteiger partial charge in [-0.3, -0.25) is 4.98 Å². The van der Waals surface area contributed by atoms with E-state index < -0.39 is 0 Å². The molecule has 3 aromatic heterocycles. The minimum Gasteiger partial charge on any atom is -0.369 e. The zero-order valence-electron chi connectivity index (χ0n) is 14.7. The summed E-state index contributed by atoms with van der Waals surface area (Å²) >= 11 is 1.82. The molecule has 6 heteroatoms. The van der Waals surface area contributed by atoms with Gasteiger partial charge in [0.05, 0.1) is 11.5 Å². The van der Waals surface area contributed by atoms with E-state index in [0.717, 1.165) is 54.3 Å². The number of thiophene rings is 1. The lowest BCUT2D eigenvalue weighted by Gasteiger charge is -2.13. The number of unbranched alkanes of at least 4 members (excludes halogenated alkanes) is 2. The molecule has 1 aliphatic carbocycles. The molecule has 26 heavy (non-hydrogen) atoms. The van der Waals surface area contributed by atoms with Gasteiger partial charge in [0, 0.05) is 35.8 Å². The molecule has 0 atom stereocenters. The fraction of sp³-hybridized carbons (Fsp3) is 0.400. The first kappa shape index (κ1) is 16.9. The molecule has 3 heterocycles. The summed E-state index contributed by atoms with van der Waals surface area (Å²) < 4.78 is 0. The number of hydrogen-bond donors (Lipinski definition) is 1. The highest BCUT2D eigenvalue weighted by Crippen LogP contribution is 2.39. The zero-order chi connectivity index (χ0) is 17.8. The minimum absolute atomic E-state index is 0.607. The van der Waals surface area contributed by atoms with Crippen LogP contribution in [0, 0.1) is 11.3 Å². The van der Waals surface area contributed by atoms with Crippen LogP contribution in [-0.2, 0) is 12.8 Å². The standard InChI is InChI=1S/C20H21N5S/c21-10-4-1-5-12-23-19-17-15-8-2-3-9-16(15)26-20(17)25-18(24-19)14-7-6-11-22-13-14/h6-7,11,13H,1-5,8-9,12H2,(H,23,24,25). The molecular formula is C20H21N5S. The Hall–Kier alpha value is -2.52. The number of aryl methyl sites for hydroxylation is 2. The van der Waals surface area contributed by atoms with Crippen LogP contribution in [0.25, 0.3) is 21.6 Å². The smallest absolute Gasteiger partial charge is 0.164 e. The number of rotatable bonds is 6. The molecule has 0 aliphatic heterocycles. The molecule has 1 N–H and O–H groups in total. The maximum absolute atomic E-state index is 8.70. The van der Waals surface area contributed by atoms with E-state index >= 15 is 0 Å². The molecule has 0 amide bonds. The van der Waals surface area contributed by atoms with Crippen molar-refractivity contribution < 1.29 is 0 Å². The average molecular weight is 363 g/mol. The van der Waals surface area contributed by atoms with Gasteiger partial charge in [0.2, 0.25) is 0 Å². The van der Waals surface area contributed by atoms with E-state index in [1.807, 2.05) is 29.7 Å². The average Bonchev–Trinajstić information content (AvgIpc) is 3.07. The van der Waals surface area contributed by atoms with Crippen molar-refractivity contribution in [2.75, 3.05) is 11.9 Å². The molecular weight excluding hydrogens is 342 g/mol. The van der Waals surface area contributed by atoms with Crippen molar-refractivity contribution >= 4 is 27.4 Å². The molecule has 1 aliphatic rings. The number of anilines is 1. The molecule has 0 bridgehead atoms. The predicted octanol–water partition coefficient (Wildman–Crippen LogP) is 4.74. The lowest BCUT2D eigenvalue weighted by Crippen LogP contribution is -2.07. The number of pyridine rings is 1. The maximum atomic E-state index is 8.70. The number of fused-ring (bicyclic) bond motifs is 3. The Balaban J connectivity index is 1.73. The number of nitrogens with one attached hydrogen (secondary N) is 1. The third-order valence-electron chi connectivity index (χ3n) is 4.74. The van der Waals surface area contributed by atoms with Gasteiger partial charge in [0.1, 0.15) is 10.6 Å². The molecule has 0 unspecified atom stereocenters. The van der Waals surface area contributed by atoms with Crippen molar-refractivity contribution in [3.05, 3.63) is 35.0 Å². The van der Waals surface area contributed by atoms with E-state index in [0.29, 0.717) is 6.42 Å². The normalized spacial score (nSPS) is 13.3. The van der Waals surface area contributed by atoms with E-state index in [9.17, 15) is 0 Å². The summed E-state index contributed by atoms with van der Waals surface area (Å²) in [4.78, 5) is 16.4. The lowest BCUT2D eigenvalue weighted by atomic mass is 9.97. The van der Waals surface area contributed by atoms with Gasteiger partial charge < -0.3 is 5.32 Å². The van der Waals surface area contributed by atoms with Crippen LogP contribution in [0.15, 0.2) is 24.5 Å². The Bertz CT molecular complexity index is 942. The summed E-state index contributed by atoms with van der Waals surface area (Å²) in [6.07, 6.45) is 10.8. The predicted molar refractivity (Wildman–Crippen MR) is 105 cm³/mol. The number of aromatic nitrogens is 3. The maximum Gasteiger partial charge on any atom is 0.164 e. The van der Waals surface area contributed by atoms with Crippen LogP contribution >= 0.6 is 11.3 Å². The van der Waals surface area contributed by atoms with Gasteiger partial charge in [-0.05, 0) is 56.2 Å². The molecule has 0 fully saturated rings. The summed E-state index contributed by atoms with van der Waals surface area (Å²) in [6.45, 7) is 0.824. The molecule has 4 rings (SSSR count). The number of hydrogen-bond acceptors (Lipinski definition) is 6. The van der Waals surface area contributed by atoms with Crippen molar-refractivity contribution in [3.8, 4) is 17.5 Å². The Labute approximate surface area is 157 Å². The van der Waals surface area contributed by atoms with Gasteiger partial charge in [-0.25, -0.2) is 9.97 Å². The van der Waals surface area contributed by atoms with Crippen molar-refractivity contribution in [2.24, 2.45) is 0 Å². The number of nitriles is 1. The molecule has 0 saturated carbocycles. The van der Waals surface area contributed by atoms with E-state index in [-0.39, 0.29) is 0 Å². The van der Waals surface area contributed by atoms with Gasteiger partial charge >= 0.3 is 0 Å². The quantitative estimate of drug-likeness (QED) is 0.640. The summed E-state index contributed by atoms with van der Waals surface area (Å²) in [6, 6.07) is 6.12. The van der Waals surface area contributed by atoms with Crippen LogP contribution in [0.2, 0.25) is 0 Å². The second-order valence-electron chi connectivity index (χ2n) is 6.57. The fourth-order valence-electron chi connectivity index (χ4n) is 3.45. The molecule has 0 spiro atoms. The van der Waals surface area contributed by atoms with Crippen molar-refractivity contribution in [1.29, 1.82) is 5.26 Å². The Morgan fingerprint density at radius 3 is 2.96 bits per heavy atom. The Kier molecular flexibility index (Phi) is 5.07. The lowest BCUT2D eigenvalue weighted by molar-refractivity contribution is 0.700. The minimum atomic E-state index is 0.607. The highest BCUT2D eigenvalue weighted by molar-refractivity contribution is 7.19. The highest BCUT2D eigenvalue weighted by Gasteiger charge is 2.21. The summed E-state index contributed by atoms with van der Waals surface area (Å²) in [5.74, 6) is 1.66. The third-order valence-corrected chi connectivity index (χ3v) is 5.93. The molecule has 5 nitrogen and oxygen atoms in total. The topological polar surface area (TPSA) is 74.5 Å². The van der Waals surface area contributed by atoms with Crippen LogP contribution in [0.3, 0.4) is 0 Å². The summed E-state index contributed by atoms with van der Waals surface area (Å²) in [5, 5.41) is 13.4. The molecule has 3 aromatic rings. The molecule has 132 valence electrons. The first-order valence-electron chi connectivity index (χ1n) is 9.20.